The van der Waals surface area contributed by atoms with Crippen molar-refractivity contribution in [1.29, 1.82) is 0 Å². The third-order valence-electron chi connectivity index (χ3n) is 4.00. The number of rotatable bonds is 3. The fourth-order valence-electron chi connectivity index (χ4n) is 2.73. The maximum absolute atomic E-state index is 10.6. The molecular weight excluding hydrogens is 246 g/mol. The topological polar surface area (TPSA) is 23.5 Å². The summed E-state index contributed by atoms with van der Waals surface area (Å²) < 4.78 is 0. The highest BCUT2D eigenvalue weighted by atomic mass is 35.5. The average molecular weight is 268 g/mol. The fraction of sp³-hybridized carbons (Fsp3) is 0.600. The van der Waals surface area contributed by atoms with Gasteiger partial charge in [-0.15, -0.1) is 0 Å². The molecule has 1 saturated heterocycles. The molecule has 1 unspecified atom stereocenters. The van der Waals surface area contributed by atoms with E-state index in [-0.39, 0.29) is 5.54 Å². The summed E-state index contributed by atoms with van der Waals surface area (Å²) in [5, 5.41) is 11.3. The number of piperidine rings is 1. The summed E-state index contributed by atoms with van der Waals surface area (Å²) >= 11 is 6.00. The summed E-state index contributed by atoms with van der Waals surface area (Å²) in [5.41, 5.74) is 0.656. The molecule has 1 N–H and O–H groups in total. The van der Waals surface area contributed by atoms with Crippen LogP contribution in [0.4, 0.5) is 0 Å². The van der Waals surface area contributed by atoms with Crippen molar-refractivity contribution >= 4 is 11.6 Å². The Hall–Kier alpha value is -0.570. The average Bonchev–Trinajstić information content (AvgIpc) is 2.39. The normalized spacial score (nSPS) is 19.8. The lowest BCUT2D eigenvalue weighted by molar-refractivity contribution is -0.0208. The van der Waals surface area contributed by atoms with Crippen molar-refractivity contribution in [2.45, 2.75) is 44.8 Å². The number of hydrogen-bond donors (Lipinski definition) is 1. The Kier molecular flexibility index (Phi) is 4.31. The molecule has 1 heterocycles. The predicted molar refractivity (Wildman–Crippen MR) is 75.9 cm³/mol. The maximum Gasteiger partial charge on any atom is 0.0968 e. The van der Waals surface area contributed by atoms with Gasteiger partial charge in [-0.2, -0.15) is 0 Å². The molecular formula is C15H22ClNO. The zero-order chi connectivity index (χ0) is 13.2. The summed E-state index contributed by atoms with van der Waals surface area (Å²) in [6.45, 7) is 6.38. The molecule has 1 fully saturated rings. The Labute approximate surface area is 115 Å². The van der Waals surface area contributed by atoms with Gasteiger partial charge in [0.05, 0.1) is 6.10 Å². The summed E-state index contributed by atoms with van der Waals surface area (Å²) in [6, 6.07) is 7.54. The Morgan fingerprint density at radius 3 is 2.50 bits per heavy atom. The lowest BCUT2D eigenvalue weighted by Crippen LogP contribution is -2.50. The second-order valence-electron chi connectivity index (χ2n) is 5.66. The van der Waals surface area contributed by atoms with Gasteiger partial charge in [-0.1, -0.05) is 30.2 Å². The zero-order valence-electron chi connectivity index (χ0n) is 11.2. The van der Waals surface area contributed by atoms with E-state index in [1.54, 1.807) is 0 Å². The predicted octanol–water partition coefficient (Wildman–Crippen LogP) is 3.64. The van der Waals surface area contributed by atoms with Gasteiger partial charge in [-0.25, -0.2) is 0 Å². The second kappa shape index (κ2) is 5.60. The molecule has 100 valence electrons. The molecule has 0 bridgehead atoms. The first-order chi connectivity index (χ1) is 8.51. The van der Waals surface area contributed by atoms with Crippen molar-refractivity contribution < 1.29 is 5.11 Å². The maximum atomic E-state index is 10.6. The van der Waals surface area contributed by atoms with Gasteiger partial charge in [0.15, 0.2) is 0 Å². The highest BCUT2D eigenvalue weighted by Crippen LogP contribution is 2.33. The van der Waals surface area contributed by atoms with Gasteiger partial charge in [0.2, 0.25) is 0 Å². The first-order valence-electron chi connectivity index (χ1n) is 6.70. The molecule has 1 aliphatic heterocycles. The van der Waals surface area contributed by atoms with Gasteiger partial charge in [-0.05, 0) is 57.5 Å². The van der Waals surface area contributed by atoms with E-state index in [2.05, 4.69) is 18.7 Å². The van der Waals surface area contributed by atoms with E-state index in [1.165, 1.54) is 19.3 Å². The van der Waals surface area contributed by atoms with Gasteiger partial charge in [0, 0.05) is 10.6 Å². The molecule has 18 heavy (non-hydrogen) atoms. The Morgan fingerprint density at radius 2 is 1.89 bits per heavy atom. The van der Waals surface area contributed by atoms with Gasteiger partial charge in [0.25, 0.3) is 0 Å². The van der Waals surface area contributed by atoms with Crippen molar-refractivity contribution in [3.8, 4) is 0 Å². The van der Waals surface area contributed by atoms with Crippen LogP contribution in [0.25, 0.3) is 0 Å². The summed E-state index contributed by atoms with van der Waals surface area (Å²) in [5.74, 6) is 0. The van der Waals surface area contributed by atoms with Crippen LogP contribution in [0.15, 0.2) is 24.3 Å². The lowest BCUT2D eigenvalue weighted by atomic mass is 9.88. The molecule has 3 heteroatoms. The highest BCUT2D eigenvalue weighted by molar-refractivity contribution is 6.30. The first-order valence-corrected chi connectivity index (χ1v) is 7.08. The monoisotopic (exact) mass is 267 g/mol. The largest absolute Gasteiger partial charge is 0.386 e. The summed E-state index contributed by atoms with van der Waals surface area (Å²) in [4.78, 5) is 2.39. The van der Waals surface area contributed by atoms with E-state index in [0.29, 0.717) is 5.02 Å². The number of aliphatic hydroxyl groups excluding tert-OH is 1. The molecule has 0 aliphatic carbocycles. The third kappa shape index (κ3) is 2.87. The molecule has 0 saturated carbocycles. The highest BCUT2D eigenvalue weighted by Gasteiger charge is 2.35. The molecule has 1 aromatic rings. The van der Waals surface area contributed by atoms with E-state index < -0.39 is 6.10 Å². The quantitative estimate of drug-likeness (QED) is 0.904. The Morgan fingerprint density at radius 1 is 1.22 bits per heavy atom. The number of benzene rings is 1. The number of hydrogen-bond acceptors (Lipinski definition) is 2. The van der Waals surface area contributed by atoms with Crippen LogP contribution < -0.4 is 0 Å². The van der Waals surface area contributed by atoms with Crippen LogP contribution in [0.5, 0.6) is 0 Å². The molecule has 0 radical (unpaired) electrons. The van der Waals surface area contributed by atoms with Crippen molar-refractivity contribution in [2.24, 2.45) is 0 Å². The van der Waals surface area contributed by atoms with E-state index in [9.17, 15) is 5.11 Å². The first kappa shape index (κ1) is 13.9. The molecule has 0 amide bonds. The van der Waals surface area contributed by atoms with Crippen LogP contribution >= 0.6 is 11.6 Å². The number of halogens is 1. The number of nitrogens with zero attached hydrogens (tertiary/aromatic N) is 1. The van der Waals surface area contributed by atoms with Crippen LogP contribution in [0.1, 0.15) is 44.8 Å². The Balaban J connectivity index is 2.17. The van der Waals surface area contributed by atoms with E-state index in [4.69, 9.17) is 11.6 Å². The smallest absolute Gasteiger partial charge is 0.0968 e. The van der Waals surface area contributed by atoms with E-state index in [1.807, 2.05) is 24.3 Å². The minimum Gasteiger partial charge on any atom is -0.386 e. The fourth-order valence-corrected chi connectivity index (χ4v) is 2.93. The SMILES string of the molecule is CC(C)(C(O)c1cccc(Cl)c1)N1CCCCC1. The Bertz CT molecular complexity index is 399. The van der Waals surface area contributed by atoms with Crippen LogP contribution in [0.2, 0.25) is 5.02 Å². The second-order valence-corrected chi connectivity index (χ2v) is 6.10. The molecule has 0 spiro atoms. The van der Waals surface area contributed by atoms with Crippen molar-refractivity contribution in [1.82, 2.24) is 4.90 Å². The zero-order valence-corrected chi connectivity index (χ0v) is 12.0. The van der Waals surface area contributed by atoms with Crippen molar-refractivity contribution in [3.05, 3.63) is 34.9 Å². The van der Waals surface area contributed by atoms with E-state index in [0.717, 1.165) is 18.7 Å². The number of aliphatic hydroxyl groups is 1. The van der Waals surface area contributed by atoms with Gasteiger partial charge < -0.3 is 5.11 Å². The molecule has 0 aromatic heterocycles. The minimum absolute atomic E-state index is 0.245. The standard InChI is InChI=1S/C15H22ClNO/c1-15(2,17-9-4-3-5-10-17)14(18)12-7-6-8-13(16)11-12/h6-8,11,14,18H,3-5,9-10H2,1-2H3. The molecule has 2 nitrogen and oxygen atoms in total. The van der Waals surface area contributed by atoms with Crippen LogP contribution in [-0.4, -0.2) is 28.6 Å². The van der Waals surface area contributed by atoms with Crippen LogP contribution in [0, 0.1) is 0 Å². The molecule has 1 aromatic carbocycles. The molecule has 2 rings (SSSR count). The molecule has 1 atom stereocenters. The van der Waals surface area contributed by atoms with Gasteiger partial charge in [-0.3, -0.25) is 4.90 Å². The number of likely N-dealkylation sites (tertiary alicyclic amines) is 1. The minimum atomic E-state index is -0.505. The third-order valence-corrected chi connectivity index (χ3v) is 4.24. The summed E-state index contributed by atoms with van der Waals surface area (Å²) in [6.07, 6.45) is 3.26. The van der Waals surface area contributed by atoms with Crippen LogP contribution in [-0.2, 0) is 0 Å². The van der Waals surface area contributed by atoms with E-state index >= 15 is 0 Å². The lowest BCUT2D eigenvalue weighted by Gasteiger charge is -2.44. The van der Waals surface area contributed by atoms with Crippen molar-refractivity contribution in [2.75, 3.05) is 13.1 Å². The van der Waals surface area contributed by atoms with Gasteiger partial charge >= 0.3 is 0 Å². The molecule has 1 aliphatic rings. The van der Waals surface area contributed by atoms with Crippen molar-refractivity contribution in [3.63, 3.8) is 0 Å². The van der Waals surface area contributed by atoms with Crippen LogP contribution in [0.3, 0.4) is 0 Å². The van der Waals surface area contributed by atoms with Gasteiger partial charge in [0.1, 0.15) is 0 Å². The summed E-state index contributed by atoms with van der Waals surface area (Å²) in [7, 11) is 0.